The van der Waals surface area contributed by atoms with Crippen LogP contribution in [-0.4, -0.2) is 58.2 Å². The van der Waals surface area contributed by atoms with E-state index in [1.165, 1.54) is 29.0 Å². The summed E-state index contributed by atoms with van der Waals surface area (Å²) in [5, 5.41) is 12.4. The number of carbonyl (C=O) groups is 2. The zero-order chi connectivity index (χ0) is 23.5. The minimum atomic E-state index is -0.652. The zero-order valence-electron chi connectivity index (χ0n) is 17.7. The smallest absolute Gasteiger partial charge is 0.337 e. The number of halogens is 1. The van der Waals surface area contributed by atoms with Crippen molar-refractivity contribution in [3.63, 3.8) is 0 Å². The molecular weight excluding hydrogens is 431 g/mol. The third-order valence-corrected chi connectivity index (χ3v) is 5.35. The van der Waals surface area contributed by atoms with Gasteiger partial charge in [-0.15, -0.1) is 0 Å². The van der Waals surface area contributed by atoms with Crippen LogP contribution in [0, 0.1) is 5.82 Å². The Labute approximate surface area is 187 Å². The maximum Gasteiger partial charge on any atom is 0.337 e. The summed E-state index contributed by atoms with van der Waals surface area (Å²) in [6.45, 7) is -0.113. The SMILES string of the molecule is COC(=O)C1=C(Nc2ccc3c(=O)n(Cc4ccccc4F)cnc3c2)C(=O)N(CCO)C1. The van der Waals surface area contributed by atoms with Crippen molar-refractivity contribution in [2.75, 3.05) is 32.1 Å². The molecule has 2 aromatic carbocycles. The molecule has 0 fully saturated rings. The van der Waals surface area contributed by atoms with Gasteiger partial charge in [0.1, 0.15) is 11.5 Å². The molecule has 0 unspecified atom stereocenters. The molecule has 9 nitrogen and oxygen atoms in total. The van der Waals surface area contributed by atoms with E-state index in [-0.39, 0.29) is 43.1 Å². The Morgan fingerprint density at radius 2 is 2.03 bits per heavy atom. The van der Waals surface area contributed by atoms with Gasteiger partial charge in [0.2, 0.25) is 0 Å². The molecule has 1 aliphatic rings. The first-order valence-electron chi connectivity index (χ1n) is 10.1. The molecule has 1 aromatic heterocycles. The third-order valence-electron chi connectivity index (χ3n) is 5.35. The highest BCUT2D eigenvalue weighted by molar-refractivity contribution is 6.08. The van der Waals surface area contributed by atoms with E-state index in [4.69, 9.17) is 9.84 Å². The molecular formula is C23H21FN4O5. The second-order valence-corrected chi connectivity index (χ2v) is 7.42. The summed E-state index contributed by atoms with van der Waals surface area (Å²) in [4.78, 5) is 43.3. The second-order valence-electron chi connectivity index (χ2n) is 7.42. The van der Waals surface area contributed by atoms with Crippen molar-refractivity contribution >= 4 is 28.5 Å². The third kappa shape index (κ3) is 4.33. The summed E-state index contributed by atoms with van der Waals surface area (Å²) < 4.78 is 20.1. The molecule has 2 N–H and O–H groups in total. The van der Waals surface area contributed by atoms with E-state index in [1.54, 1.807) is 36.4 Å². The fraction of sp³-hybridized carbons (Fsp3) is 0.217. The Bertz CT molecular complexity index is 1330. The average Bonchev–Trinajstić information content (AvgIpc) is 3.12. The van der Waals surface area contributed by atoms with Gasteiger partial charge in [-0.25, -0.2) is 14.2 Å². The minimum absolute atomic E-state index is 0.0149. The molecule has 10 heteroatoms. The Hall–Kier alpha value is -4.05. The van der Waals surface area contributed by atoms with Crippen molar-refractivity contribution in [1.29, 1.82) is 0 Å². The highest BCUT2D eigenvalue weighted by Crippen LogP contribution is 2.24. The first-order valence-corrected chi connectivity index (χ1v) is 10.1. The lowest BCUT2D eigenvalue weighted by atomic mass is 10.2. The predicted molar refractivity (Wildman–Crippen MR) is 118 cm³/mol. The number of ether oxygens (including phenoxy) is 1. The number of fused-ring (bicyclic) bond motifs is 1. The van der Waals surface area contributed by atoms with Crippen LogP contribution in [0.5, 0.6) is 0 Å². The summed E-state index contributed by atoms with van der Waals surface area (Å²) in [5.74, 6) is -1.51. The number of nitrogens with zero attached hydrogens (tertiary/aromatic N) is 3. The van der Waals surface area contributed by atoms with Crippen LogP contribution in [0.2, 0.25) is 0 Å². The standard InChI is InChI=1S/C23H21FN4O5/c1-33-23(32)17-12-27(8-9-29)22(31)20(17)26-15-6-7-16-19(10-15)25-13-28(21(16)30)11-14-4-2-3-5-18(14)24/h2-7,10,13,26,29H,8-9,11-12H2,1H3. The van der Waals surface area contributed by atoms with Gasteiger partial charge in [-0.2, -0.15) is 0 Å². The topological polar surface area (TPSA) is 114 Å². The summed E-state index contributed by atoms with van der Waals surface area (Å²) >= 11 is 0. The summed E-state index contributed by atoms with van der Waals surface area (Å²) in [6, 6.07) is 10.9. The van der Waals surface area contributed by atoms with Crippen LogP contribution < -0.4 is 10.9 Å². The molecule has 0 atom stereocenters. The Balaban J connectivity index is 1.64. The van der Waals surface area contributed by atoms with Crippen LogP contribution in [0.4, 0.5) is 10.1 Å². The molecule has 1 amide bonds. The first kappa shape index (κ1) is 22.2. The number of amides is 1. The molecule has 3 aromatic rings. The fourth-order valence-corrected chi connectivity index (χ4v) is 3.65. The van der Waals surface area contributed by atoms with Crippen LogP contribution in [0.1, 0.15) is 5.56 Å². The molecule has 0 spiro atoms. The number of anilines is 1. The number of aliphatic hydroxyl groups excluding tert-OH is 1. The van der Waals surface area contributed by atoms with Gasteiger partial charge < -0.3 is 20.1 Å². The second kappa shape index (κ2) is 9.21. The maximum atomic E-state index is 14.0. The van der Waals surface area contributed by atoms with Gasteiger partial charge in [-0.1, -0.05) is 18.2 Å². The molecule has 0 saturated carbocycles. The van der Waals surface area contributed by atoms with Crippen molar-refractivity contribution in [2.24, 2.45) is 0 Å². The molecule has 0 aliphatic carbocycles. The molecule has 33 heavy (non-hydrogen) atoms. The highest BCUT2D eigenvalue weighted by atomic mass is 19.1. The van der Waals surface area contributed by atoms with E-state index in [9.17, 15) is 18.8 Å². The van der Waals surface area contributed by atoms with Crippen LogP contribution in [-0.2, 0) is 20.9 Å². The van der Waals surface area contributed by atoms with Crippen molar-refractivity contribution in [3.05, 3.63) is 81.8 Å². The average molecular weight is 452 g/mol. The van der Waals surface area contributed by atoms with Gasteiger partial charge >= 0.3 is 5.97 Å². The van der Waals surface area contributed by atoms with E-state index in [0.29, 0.717) is 22.2 Å². The summed E-state index contributed by atoms with van der Waals surface area (Å²) in [7, 11) is 1.22. The number of benzene rings is 2. The van der Waals surface area contributed by atoms with Gasteiger partial charge in [-0.3, -0.25) is 14.2 Å². The number of β-amino-alcohol motifs (C(OH)–C–C–N with tert-alkyl or cyclic N) is 1. The van der Waals surface area contributed by atoms with Gasteiger partial charge in [0, 0.05) is 17.8 Å². The van der Waals surface area contributed by atoms with Crippen LogP contribution in [0.25, 0.3) is 10.9 Å². The first-order chi connectivity index (χ1) is 15.9. The number of aliphatic hydroxyl groups is 1. The van der Waals surface area contributed by atoms with Crippen molar-refractivity contribution in [1.82, 2.24) is 14.5 Å². The fourth-order valence-electron chi connectivity index (χ4n) is 3.65. The number of hydrogen-bond donors (Lipinski definition) is 2. The number of esters is 1. The van der Waals surface area contributed by atoms with Crippen LogP contribution in [0.3, 0.4) is 0 Å². The number of nitrogens with one attached hydrogen (secondary N) is 1. The monoisotopic (exact) mass is 452 g/mol. The number of rotatable bonds is 7. The lowest BCUT2D eigenvalue weighted by Crippen LogP contribution is -2.31. The van der Waals surface area contributed by atoms with E-state index < -0.39 is 17.7 Å². The van der Waals surface area contributed by atoms with Gasteiger partial charge in [0.15, 0.2) is 0 Å². The zero-order valence-corrected chi connectivity index (χ0v) is 17.7. The van der Waals surface area contributed by atoms with Crippen molar-refractivity contribution in [2.45, 2.75) is 6.54 Å². The van der Waals surface area contributed by atoms with Gasteiger partial charge in [-0.05, 0) is 24.3 Å². The molecule has 0 bridgehead atoms. The van der Waals surface area contributed by atoms with E-state index >= 15 is 0 Å². The number of methoxy groups -OCH3 is 1. The number of aromatic nitrogens is 2. The van der Waals surface area contributed by atoms with E-state index in [1.807, 2.05) is 0 Å². The van der Waals surface area contributed by atoms with Crippen molar-refractivity contribution in [3.8, 4) is 0 Å². The lowest BCUT2D eigenvalue weighted by molar-refractivity contribution is -0.136. The Morgan fingerprint density at radius 1 is 1.24 bits per heavy atom. The van der Waals surface area contributed by atoms with Gasteiger partial charge in [0.25, 0.3) is 11.5 Å². The molecule has 4 rings (SSSR count). The minimum Gasteiger partial charge on any atom is -0.466 e. The molecule has 0 radical (unpaired) electrons. The summed E-state index contributed by atoms with van der Waals surface area (Å²) in [5.41, 5.74) is 1.03. The molecule has 170 valence electrons. The van der Waals surface area contributed by atoms with Crippen LogP contribution >= 0.6 is 0 Å². The number of carbonyl (C=O) groups excluding carboxylic acids is 2. The van der Waals surface area contributed by atoms with E-state index in [0.717, 1.165) is 0 Å². The molecule has 1 aliphatic heterocycles. The summed E-state index contributed by atoms with van der Waals surface area (Å²) in [6.07, 6.45) is 1.34. The Morgan fingerprint density at radius 3 is 2.76 bits per heavy atom. The Kier molecular flexibility index (Phi) is 6.18. The number of hydrogen-bond acceptors (Lipinski definition) is 7. The lowest BCUT2D eigenvalue weighted by Gasteiger charge is -2.15. The quantitative estimate of drug-likeness (QED) is 0.519. The largest absolute Gasteiger partial charge is 0.466 e. The van der Waals surface area contributed by atoms with Crippen LogP contribution in [0.15, 0.2) is 64.9 Å². The molecule has 2 heterocycles. The molecule has 0 saturated heterocycles. The van der Waals surface area contributed by atoms with Crippen molar-refractivity contribution < 1.29 is 23.8 Å². The maximum absolute atomic E-state index is 14.0. The predicted octanol–water partition coefficient (Wildman–Crippen LogP) is 1.26. The van der Waals surface area contributed by atoms with Gasteiger partial charge in [0.05, 0.1) is 49.6 Å². The normalized spacial score (nSPS) is 13.7. The van der Waals surface area contributed by atoms with E-state index in [2.05, 4.69) is 10.3 Å². The highest BCUT2D eigenvalue weighted by Gasteiger charge is 2.34.